The van der Waals surface area contributed by atoms with Crippen molar-refractivity contribution in [3.8, 4) is 0 Å². The first-order chi connectivity index (χ1) is 9.96. The summed E-state index contributed by atoms with van der Waals surface area (Å²) < 4.78 is 26.9. The predicted octanol–water partition coefficient (Wildman–Crippen LogP) is 2.33. The minimum absolute atomic E-state index is 0.0724. The van der Waals surface area contributed by atoms with Gasteiger partial charge in [-0.2, -0.15) is 0 Å². The van der Waals surface area contributed by atoms with Crippen molar-refractivity contribution < 1.29 is 13.5 Å². The van der Waals surface area contributed by atoms with Gasteiger partial charge in [-0.05, 0) is 30.2 Å². The lowest BCUT2D eigenvalue weighted by Crippen LogP contribution is -2.23. The van der Waals surface area contributed by atoms with Crippen molar-refractivity contribution in [2.75, 3.05) is 0 Å². The van der Waals surface area contributed by atoms with Crippen LogP contribution in [-0.2, 0) is 29.6 Å². The number of nitrogens with zero attached hydrogens (tertiary/aromatic N) is 1. The Kier molecular flexibility index (Phi) is 5.34. The van der Waals surface area contributed by atoms with Crippen molar-refractivity contribution in [3.05, 3.63) is 44.9 Å². The van der Waals surface area contributed by atoms with Gasteiger partial charge in [0.15, 0.2) is 0 Å². The van der Waals surface area contributed by atoms with Gasteiger partial charge in [-0.3, -0.25) is 0 Å². The van der Waals surface area contributed by atoms with Crippen LogP contribution in [-0.4, -0.2) is 18.5 Å². The monoisotopic (exact) mass is 346 g/mol. The highest BCUT2D eigenvalue weighted by atomic mass is 35.5. The topological polar surface area (TPSA) is 79.3 Å². The maximum absolute atomic E-state index is 12.2. The van der Waals surface area contributed by atoms with Crippen LogP contribution in [0.25, 0.3) is 0 Å². The Morgan fingerprint density at radius 3 is 2.81 bits per heavy atom. The maximum atomic E-state index is 12.2. The molecule has 1 aromatic carbocycles. The summed E-state index contributed by atoms with van der Waals surface area (Å²) in [5, 5.41) is 10.2. The summed E-state index contributed by atoms with van der Waals surface area (Å²) in [4.78, 5) is 5.34. The first-order valence-electron chi connectivity index (χ1n) is 6.28. The van der Waals surface area contributed by atoms with Crippen molar-refractivity contribution in [3.63, 3.8) is 0 Å². The lowest BCUT2D eigenvalue weighted by molar-refractivity contribution is 0.281. The van der Waals surface area contributed by atoms with Gasteiger partial charge in [0.2, 0.25) is 10.0 Å². The number of hydrogen-bond donors (Lipinski definition) is 2. The van der Waals surface area contributed by atoms with E-state index in [1.54, 1.807) is 6.20 Å². The lowest BCUT2D eigenvalue weighted by atomic mass is 10.2. The van der Waals surface area contributed by atoms with Crippen LogP contribution in [0.5, 0.6) is 0 Å². The van der Waals surface area contributed by atoms with E-state index >= 15 is 0 Å². The molecule has 0 atom stereocenters. The molecule has 0 fully saturated rings. The molecule has 8 heteroatoms. The van der Waals surface area contributed by atoms with Gasteiger partial charge in [0, 0.05) is 16.1 Å². The normalized spacial score (nSPS) is 11.8. The molecule has 0 amide bonds. The van der Waals surface area contributed by atoms with Gasteiger partial charge in [0.1, 0.15) is 5.01 Å². The second-order valence-corrected chi connectivity index (χ2v) is 7.68. The molecule has 0 spiro atoms. The molecule has 0 aliphatic carbocycles. The molecule has 0 aliphatic heterocycles. The quantitative estimate of drug-likeness (QED) is 0.841. The number of nitrogens with one attached hydrogen (secondary N) is 1. The van der Waals surface area contributed by atoms with Crippen LogP contribution in [0.4, 0.5) is 0 Å². The van der Waals surface area contributed by atoms with Crippen molar-refractivity contribution >= 4 is 33.0 Å². The fourth-order valence-electron chi connectivity index (χ4n) is 1.67. The molecule has 114 valence electrons. The zero-order chi connectivity index (χ0) is 15.5. The molecule has 2 rings (SSSR count). The summed E-state index contributed by atoms with van der Waals surface area (Å²) in [6.45, 7) is 1.85. The zero-order valence-electron chi connectivity index (χ0n) is 11.3. The Bertz CT molecular complexity index is 729. The predicted molar refractivity (Wildman–Crippen MR) is 82.9 cm³/mol. The number of aryl methyl sites for hydroxylation is 1. The standard InChI is InChI=1S/C13H15ClN2O3S2/c1-2-10-6-15-13(20-10)7-16-21(18,19)11-3-4-12(14)9(5-11)8-17/h3-6,16-17H,2,7-8H2,1H3. The van der Waals surface area contributed by atoms with E-state index in [4.69, 9.17) is 16.7 Å². The van der Waals surface area contributed by atoms with Crippen LogP contribution in [0.15, 0.2) is 29.3 Å². The Morgan fingerprint density at radius 2 is 2.19 bits per heavy atom. The number of aliphatic hydroxyl groups excluding tert-OH is 1. The number of hydrogen-bond acceptors (Lipinski definition) is 5. The summed E-state index contributed by atoms with van der Waals surface area (Å²) in [5.41, 5.74) is 0.377. The SMILES string of the molecule is CCc1cnc(CNS(=O)(=O)c2ccc(Cl)c(CO)c2)s1. The maximum Gasteiger partial charge on any atom is 0.240 e. The molecule has 2 N–H and O–H groups in total. The molecule has 2 aromatic rings. The van der Waals surface area contributed by atoms with E-state index < -0.39 is 10.0 Å². The third-order valence-electron chi connectivity index (χ3n) is 2.86. The largest absolute Gasteiger partial charge is 0.392 e. The Balaban J connectivity index is 2.14. The number of thiazole rings is 1. The number of benzene rings is 1. The smallest absolute Gasteiger partial charge is 0.240 e. The first kappa shape index (κ1) is 16.4. The number of aliphatic hydroxyl groups is 1. The summed E-state index contributed by atoms with van der Waals surface area (Å²) in [7, 11) is -3.66. The second kappa shape index (κ2) is 6.85. The highest BCUT2D eigenvalue weighted by Crippen LogP contribution is 2.21. The van der Waals surface area contributed by atoms with E-state index in [0.717, 1.165) is 11.3 Å². The molecule has 0 saturated heterocycles. The molecule has 0 aliphatic rings. The molecule has 5 nitrogen and oxygen atoms in total. The summed E-state index contributed by atoms with van der Waals surface area (Å²) in [5.74, 6) is 0. The summed E-state index contributed by atoms with van der Waals surface area (Å²) in [6.07, 6.45) is 2.63. The lowest BCUT2D eigenvalue weighted by Gasteiger charge is -2.07. The zero-order valence-corrected chi connectivity index (χ0v) is 13.7. The highest BCUT2D eigenvalue weighted by molar-refractivity contribution is 7.89. The van der Waals surface area contributed by atoms with Crippen molar-refractivity contribution in [2.24, 2.45) is 0 Å². The summed E-state index contributed by atoms with van der Waals surface area (Å²) in [6, 6.07) is 4.23. The van der Waals surface area contributed by atoms with Gasteiger partial charge >= 0.3 is 0 Å². The Morgan fingerprint density at radius 1 is 1.43 bits per heavy atom. The van der Waals surface area contributed by atoms with E-state index in [-0.39, 0.29) is 18.0 Å². The van der Waals surface area contributed by atoms with Gasteiger partial charge in [0.25, 0.3) is 0 Å². The third kappa shape index (κ3) is 4.02. The second-order valence-electron chi connectivity index (χ2n) is 4.31. The molecule has 1 heterocycles. The van der Waals surface area contributed by atoms with Crippen molar-refractivity contribution in [1.82, 2.24) is 9.71 Å². The fraction of sp³-hybridized carbons (Fsp3) is 0.308. The molecule has 0 radical (unpaired) electrons. The van der Waals surface area contributed by atoms with E-state index in [9.17, 15) is 8.42 Å². The van der Waals surface area contributed by atoms with E-state index in [0.29, 0.717) is 15.6 Å². The van der Waals surface area contributed by atoms with E-state index in [1.807, 2.05) is 6.92 Å². The van der Waals surface area contributed by atoms with Gasteiger partial charge in [0.05, 0.1) is 18.0 Å². The van der Waals surface area contributed by atoms with Gasteiger partial charge in [-0.25, -0.2) is 18.1 Å². The minimum Gasteiger partial charge on any atom is -0.392 e. The third-order valence-corrected chi connectivity index (χ3v) is 5.77. The van der Waals surface area contributed by atoms with Gasteiger partial charge < -0.3 is 5.11 Å². The van der Waals surface area contributed by atoms with Crippen molar-refractivity contribution in [2.45, 2.75) is 31.4 Å². The van der Waals surface area contributed by atoms with Crippen LogP contribution in [0.2, 0.25) is 5.02 Å². The molecular formula is C13H15ClN2O3S2. The summed E-state index contributed by atoms with van der Waals surface area (Å²) >= 11 is 7.33. The fourth-order valence-corrected chi connectivity index (χ4v) is 3.78. The van der Waals surface area contributed by atoms with E-state index in [1.165, 1.54) is 29.5 Å². The average molecular weight is 347 g/mol. The van der Waals surface area contributed by atoms with Crippen LogP contribution in [0.1, 0.15) is 22.4 Å². The van der Waals surface area contributed by atoms with Gasteiger partial charge in [-0.15, -0.1) is 11.3 Å². The van der Waals surface area contributed by atoms with Crippen LogP contribution < -0.4 is 4.72 Å². The first-order valence-corrected chi connectivity index (χ1v) is 8.96. The Hall–Kier alpha value is -0.990. The number of halogens is 1. The van der Waals surface area contributed by atoms with Crippen LogP contribution in [0, 0.1) is 0 Å². The van der Waals surface area contributed by atoms with E-state index in [2.05, 4.69) is 9.71 Å². The number of rotatable bonds is 6. The van der Waals surface area contributed by atoms with Crippen molar-refractivity contribution in [1.29, 1.82) is 0 Å². The average Bonchev–Trinajstić information content (AvgIpc) is 2.93. The van der Waals surface area contributed by atoms with Gasteiger partial charge in [-0.1, -0.05) is 18.5 Å². The minimum atomic E-state index is -3.66. The Labute approximate surface area is 132 Å². The molecular weight excluding hydrogens is 332 g/mol. The molecule has 0 saturated carbocycles. The molecule has 0 unspecified atom stereocenters. The number of aromatic nitrogens is 1. The van der Waals surface area contributed by atoms with Crippen LogP contribution in [0.3, 0.4) is 0 Å². The molecule has 1 aromatic heterocycles. The highest BCUT2D eigenvalue weighted by Gasteiger charge is 2.16. The molecule has 21 heavy (non-hydrogen) atoms. The molecule has 0 bridgehead atoms. The van der Waals surface area contributed by atoms with Crippen LogP contribution >= 0.6 is 22.9 Å². The number of sulfonamides is 1.